The predicted octanol–water partition coefficient (Wildman–Crippen LogP) is -0.146. The van der Waals surface area contributed by atoms with Crippen molar-refractivity contribution in [3.63, 3.8) is 0 Å². The number of halogens is 1. The van der Waals surface area contributed by atoms with Gasteiger partial charge in [-0.1, -0.05) is 17.7 Å². The quantitative estimate of drug-likeness (QED) is 0.296. The van der Waals surface area contributed by atoms with E-state index in [0.717, 1.165) is 5.41 Å². The van der Waals surface area contributed by atoms with Gasteiger partial charge in [-0.2, -0.15) is 0 Å². The average Bonchev–Trinajstić information content (AvgIpc) is 3.28. The Balaban J connectivity index is 1.45. The fourth-order valence-electron chi connectivity index (χ4n) is 3.29. The van der Waals surface area contributed by atoms with Crippen molar-refractivity contribution < 1.29 is 23.4 Å². The average molecular weight is 482 g/mol. The second-order valence-corrected chi connectivity index (χ2v) is 9.19. The number of nitrogens with two attached hydrogens (primary N) is 2. The van der Waals surface area contributed by atoms with Crippen LogP contribution in [0.5, 0.6) is 0 Å². The molecule has 4 rings (SSSR count). The van der Waals surface area contributed by atoms with E-state index in [2.05, 4.69) is 19.7 Å². The summed E-state index contributed by atoms with van der Waals surface area (Å²) >= 11 is 5.83. The maximum Gasteiger partial charge on any atom is 0.233 e. The van der Waals surface area contributed by atoms with Gasteiger partial charge >= 0.3 is 0 Å². The summed E-state index contributed by atoms with van der Waals surface area (Å²) in [5.74, 6) is 0.152. The minimum Gasteiger partial charge on any atom is -0.398 e. The summed E-state index contributed by atoms with van der Waals surface area (Å²) < 4.78 is 34.1. The Morgan fingerprint density at radius 3 is 2.75 bits per heavy atom. The van der Waals surface area contributed by atoms with Crippen molar-refractivity contribution in [1.29, 1.82) is 0 Å². The largest absolute Gasteiger partial charge is 0.398 e. The van der Waals surface area contributed by atoms with Crippen LogP contribution in [0.15, 0.2) is 36.3 Å². The van der Waals surface area contributed by atoms with E-state index in [0.29, 0.717) is 27.4 Å². The first-order valence-corrected chi connectivity index (χ1v) is 11.3. The fourth-order valence-corrected chi connectivity index (χ4v) is 4.29. The normalized spacial score (nSPS) is 24.0. The summed E-state index contributed by atoms with van der Waals surface area (Å²) in [5.41, 5.74) is 13.0. The van der Waals surface area contributed by atoms with E-state index in [1.807, 2.05) is 0 Å². The van der Waals surface area contributed by atoms with E-state index in [1.165, 1.54) is 29.4 Å². The van der Waals surface area contributed by atoms with Crippen LogP contribution in [0, 0.1) is 0 Å². The van der Waals surface area contributed by atoms with Gasteiger partial charge in [0.05, 0.1) is 6.33 Å². The lowest BCUT2D eigenvalue weighted by molar-refractivity contribution is -0.0329. The number of nitrogens with one attached hydrogen (secondary N) is 1. The molecule has 0 saturated carbocycles. The van der Waals surface area contributed by atoms with Crippen LogP contribution in [0.4, 0.5) is 11.5 Å². The van der Waals surface area contributed by atoms with E-state index in [1.54, 1.807) is 12.1 Å². The van der Waals surface area contributed by atoms with Crippen LogP contribution in [0.25, 0.3) is 17.2 Å². The molecular formula is C18H20ClN7O5S. The molecular weight excluding hydrogens is 462 g/mol. The molecule has 4 atom stereocenters. The summed E-state index contributed by atoms with van der Waals surface area (Å²) in [6, 6.07) is 4.67. The second-order valence-electron chi connectivity index (χ2n) is 7.10. The van der Waals surface area contributed by atoms with Gasteiger partial charge in [-0.25, -0.2) is 28.1 Å². The van der Waals surface area contributed by atoms with Crippen LogP contribution in [-0.2, 0) is 14.8 Å². The number of hydrogen-bond donors (Lipinski definition) is 5. The van der Waals surface area contributed by atoms with Crippen LogP contribution in [0.1, 0.15) is 11.8 Å². The predicted molar refractivity (Wildman–Crippen MR) is 117 cm³/mol. The van der Waals surface area contributed by atoms with Crippen LogP contribution < -0.4 is 16.2 Å². The number of imidazole rings is 1. The molecule has 3 heterocycles. The van der Waals surface area contributed by atoms with Crippen molar-refractivity contribution in [3.05, 3.63) is 46.8 Å². The number of hydrogen-bond acceptors (Lipinski definition) is 10. The van der Waals surface area contributed by atoms with E-state index < -0.39 is 34.6 Å². The molecule has 0 bridgehead atoms. The Labute approximate surface area is 187 Å². The Kier molecular flexibility index (Phi) is 6.03. The third-order valence-corrected chi connectivity index (χ3v) is 6.26. The minimum absolute atomic E-state index is 0.152. The molecule has 0 radical (unpaired) electrons. The fraction of sp³-hybridized carbons (Fsp3) is 0.278. The summed E-state index contributed by atoms with van der Waals surface area (Å²) in [7, 11) is -3.89. The molecule has 0 spiro atoms. The van der Waals surface area contributed by atoms with Gasteiger partial charge in [0.25, 0.3) is 0 Å². The summed E-state index contributed by atoms with van der Waals surface area (Å²) in [5, 5.41) is 22.2. The number of fused-ring (bicyclic) bond motifs is 1. The monoisotopic (exact) mass is 481 g/mol. The van der Waals surface area contributed by atoms with Gasteiger partial charge in [0.1, 0.15) is 30.2 Å². The highest BCUT2D eigenvalue weighted by Gasteiger charge is 2.44. The lowest BCUT2D eigenvalue weighted by Crippen LogP contribution is -2.39. The highest BCUT2D eigenvalue weighted by Crippen LogP contribution is 2.31. The van der Waals surface area contributed by atoms with Crippen LogP contribution in [0.3, 0.4) is 0 Å². The number of aromatic nitrogens is 4. The van der Waals surface area contributed by atoms with Crippen molar-refractivity contribution >= 4 is 50.4 Å². The number of aliphatic hydroxyl groups excluding tert-OH is 2. The molecule has 0 unspecified atom stereocenters. The van der Waals surface area contributed by atoms with Crippen LogP contribution >= 0.6 is 11.6 Å². The molecule has 0 aliphatic carbocycles. The molecule has 2 aromatic heterocycles. The van der Waals surface area contributed by atoms with E-state index in [-0.39, 0.29) is 12.4 Å². The molecule has 32 heavy (non-hydrogen) atoms. The Morgan fingerprint density at radius 1 is 1.22 bits per heavy atom. The summed E-state index contributed by atoms with van der Waals surface area (Å²) in [6.45, 7) is -0.290. The molecule has 1 fully saturated rings. The first-order valence-electron chi connectivity index (χ1n) is 9.33. The highest BCUT2D eigenvalue weighted by atomic mass is 35.5. The van der Waals surface area contributed by atoms with Crippen molar-refractivity contribution in [2.24, 2.45) is 0 Å². The maximum absolute atomic E-state index is 12.3. The zero-order valence-corrected chi connectivity index (χ0v) is 18.0. The number of sulfonamides is 1. The molecule has 170 valence electrons. The van der Waals surface area contributed by atoms with Gasteiger partial charge in [0.2, 0.25) is 10.0 Å². The molecule has 7 N–H and O–H groups in total. The van der Waals surface area contributed by atoms with Gasteiger partial charge in [-0.3, -0.25) is 4.57 Å². The minimum atomic E-state index is -3.89. The van der Waals surface area contributed by atoms with Crippen molar-refractivity contribution in [1.82, 2.24) is 24.2 Å². The topological polar surface area (TPSA) is 191 Å². The molecule has 0 amide bonds. The maximum atomic E-state index is 12.3. The van der Waals surface area contributed by atoms with Gasteiger partial charge in [0.15, 0.2) is 17.7 Å². The van der Waals surface area contributed by atoms with Gasteiger partial charge < -0.3 is 26.4 Å². The Hall–Kier alpha value is -2.81. The standard InChI is InChI=1S/C18H20ClN7O5S/c19-10-2-1-9(11(20)5-10)3-4-32(29,30)25-6-12-14(27)15(28)18(31-12)26-8-24-13-16(21)22-7-23-17(13)26/h1-5,7-8,12,14-15,18,25,27-28H,6,20H2,(H2,21,22,23)/b4-3+/t12-,14-,15-,18-/m1/s1. The SMILES string of the molecule is Nc1cc(Cl)ccc1/C=C/S(=O)(=O)NC[C@H]1O[C@@H](n2cnc3c(N)ncnc32)[C@H](O)[C@@H]1O. The highest BCUT2D eigenvalue weighted by molar-refractivity contribution is 7.92. The molecule has 14 heteroatoms. The van der Waals surface area contributed by atoms with Crippen molar-refractivity contribution in [2.45, 2.75) is 24.5 Å². The molecule has 1 aliphatic heterocycles. The number of nitrogens with zero attached hydrogens (tertiary/aromatic N) is 4. The molecule has 1 aromatic carbocycles. The number of benzene rings is 1. The van der Waals surface area contributed by atoms with Crippen LogP contribution in [-0.4, -0.2) is 63.0 Å². The van der Waals surface area contributed by atoms with Gasteiger partial charge in [-0.15, -0.1) is 0 Å². The van der Waals surface area contributed by atoms with Gasteiger partial charge in [-0.05, 0) is 23.8 Å². The number of nitrogen functional groups attached to an aromatic ring is 2. The van der Waals surface area contributed by atoms with Crippen LogP contribution in [0.2, 0.25) is 5.02 Å². The summed E-state index contributed by atoms with van der Waals surface area (Å²) in [4.78, 5) is 12.0. The van der Waals surface area contributed by atoms with Crippen molar-refractivity contribution in [3.8, 4) is 0 Å². The third-order valence-electron chi connectivity index (χ3n) is 4.96. The lowest BCUT2D eigenvalue weighted by Gasteiger charge is -2.16. The van der Waals surface area contributed by atoms with E-state index in [4.69, 9.17) is 27.8 Å². The number of aliphatic hydroxyl groups is 2. The first-order chi connectivity index (χ1) is 15.2. The molecule has 1 aliphatic rings. The Morgan fingerprint density at radius 2 is 2.00 bits per heavy atom. The van der Waals surface area contributed by atoms with Crippen molar-refractivity contribution in [2.75, 3.05) is 18.0 Å². The number of rotatable bonds is 6. The number of ether oxygens (including phenoxy) is 1. The van der Waals surface area contributed by atoms with E-state index in [9.17, 15) is 18.6 Å². The first kappa shape index (κ1) is 22.4. The summed E-state index contributed by atoms with van der Waals surface area (Å²) in [6.07, 6.45) is -0.906. The zero-order chi connectivity index (χ0) is 23.0. The van der Waals surface area contributed by atoms with E-state index >= 15 is 0 Å². The zero-order valence-electron chi connectivity index (χ0n) is 16.4. The smallest absolute Gasteiger partial charge is 0.233 e. The number of anilines is 2. The molecule has 12 nitrogen and oxygen atoms in total. The lowest BCUT2D eigenvalue weighted by atomic mass is 10.1. The molecule has 1 saturated heterocycles. The third kappa shape index (κ3) is 4.39. The van der Waals surface area contributed by atoms with Gasteiger partial charge in [0, 0.05) is 22.7 Å². The second kappa shape index (κ2) is 8.61. The Bertz CT molecular complexity index is 1280. The molecule has 3 aromatic rings.